The van der Waals surface area contributed by atoms with Crippen LogP contribution in [0.1, 0.15) is 6.92 Å². The molecule has 0 saturated carbocycles. The van der Waals surface area contributed by atoms with Gasteiger partial charge in [0.15, 0.2) is 6.29 Å². The van der Waals surface area contributed by atoms with Crippen molar-refractivity contribution in [2.45, 2.75) is 62.0 Å². The Kier molecular flexibility index (Phi) is 7.08. The summed E-state index contributed by atoms with van der Waals surface area (Å²) in [5, 5.41) is 60.6. The van der Waals surface area contributed by atoms with Crippen LogP contribution in [-0.2, 0) is 19.0 Å². The predicted octanol–water partition coefficient (Wildman–Crippen LogP) is -4.57. The van der Waals surface area contributed by atoms with Crippen LogP contribution in [0.5, 0.6) is 0 Å². The van der Waals surface area contributed by atoms with E-state index in [0.717, 1.165) is 0 Å². The molecule has 0 unspecified atom stereocenters. The zero-order chi connectivity index (χ0) is 18.7. The molecule has 2 aliphatic rings. The Morgan fingerprint density at radius 3 is 2.32 bits per heavy atom. The minimum atomic E-state index is -1.45. The van der Waals surface area contributed by atoms with Crippen LogP contribution >= 0.6 is 0 Å². The van der Waals surface area contributed by atoms with Crippen LogP contribution in [-0.4, -0.2) is 111 Å². The molecular weight excluding hydrogens is 342 g/mol. The van der Waals surface area contributed by atoms with Crippen LogP contribution in [0.2, 0.25) is 0 Å². The van der Waals surface area contributed by atoms with Gasteiger partial charge in [0.2, 0.25) is 5.91 Å². The molecule has 11 heteroatoms. The molecule has 0 bridgehead atoms. The average molecular weight is 367 g/mol. The molecule has 0 spiro atoms. The number of amides is 1. The third-order valence-electron chi connectivity index (χ3n) is 4.28. The number of hydrogen-bond donors (Lipinski definition) is 7. The lowest BCUT2D eigenvalue weighted by molar-refractivity contribution is -0.284. The van der Waals surface area contributed by atoms with Gasteiger partial charge in [0.25, 0.3) is 0 Å². The van der Waals surface area contributed by atoms with E-state index in [1.54, 1.807) is 0 Å². The fourth-order valence-corrected chi connectivity index (χ4v) is 2.82. The first kappa shape index (κ1) is 20.4. The highest BCUT2D eigenvalue weighted by atomic mass is 16.7. The predicted molar refractivity (Wildman–Crippen MR) is 79.1 cm³/mol. The summed E-state index contributed by atoms with van der Waals surface area (Å²) in [6.07, 6.45) is -10.3. The second kappa shape index (κ2) is 8.66. The summed E-state index contributed by atoms with van der Waals surface area (Å²) in [4.78, 5) is 11.3. The Hall–Kier alpha value is -0.890. The van der Waals surface area contributed by atoms with Crippen LogP contribution in [0, 0.1) is 0 Å². The highest BCUT2D eigenvalue weighted by molar-refractivity contribution is 5.73. The minimum absolute atomic E-state index is 0.201. The van der Waals surface area contributed by atoms with Crippen molar-refractivity contribution < 1.29 is 49.6 Å². The van der Waals surface area contributed by atoms with Crippen LogP contribution in [0.15, 0.2) is 0 Å². The molecule has 1 amide bonds. The van der Waals surface area contributed by atoms with E-state index in [9.17, 15) is 35.4 Å². The van der Waals surface area contributed by atoms with Crippen molar-refractivity contribution in [3.8, 4) is 0 Å². The number of aliphatic hydroxyl groups excluding tert-OH is 6. The number of ether oxygens (including phenoxy) is 3. The molecule has 2 aliphatic heterocycles. The van der Waals surface area contributed by atoms with E-state index in [0.29, 0.717) is 0 Å². The maximum Gasteiger partial charge on any atom is 0.217 e. The van der Waals surface area contributed by atoms with E-state index < -0.39 is 67.6 Å². The number of aliphatic hydroxyl groups is 6. The Bertz CT molecular complexity index is 451. The first-order valence-corrected chi connectivity index (χ1v) is 7.93. The molecule has 0 aromatic heterocycles. The Morgan fingerprint density at radius 1 is 1.08 bits per heavy atom. The molecule has 2 fully saturated rings. The van der Waals surface area contributed by atoms with Gasteiger partial charge < -0.3 is 50.2 Å². The van der Waals surface area contributed by atoms with Gasteiger partial charge in [-0.2, -0.15) is 0 Å². The van der Waals surface area contributed by atoms with Crippen molar-refractivity contribution in [2.75, 3.05) is 19.8 Å². The number of nitrogens with one attached hydrogen (secondary N) is 1. The quantitative estimate of drug-likeness (QED) is 0.250. The molecule has 0 aliphatic carbocycles. The summed E-state index contributed by atoms with van der Waals surface area (Å²) in [7, 11) is 0. The van der Waals surface area contributed by atoms with Crippen molar-refractivity contribution >= 4 is 5.91 Å². The van der Waals surface area contributed by atoms with Crippen molar-refractivity contribution in [1.82, 2.24) is 5.32 Å². The van der Waals surface area contributed by atoms with Gasteiger partial charge in [-0.15, -0.1) is 0 Å². The first-order chi connectivity index (χ1) is 11.8. The van der Waals surface area contributed by atoms with E-state index in [2.05, 4.69) is 5.32 Å². The van der Waals surface area contributed by atoms with E-state index in [1.165, 1.54) is 6.92 Å². The van der Waals surface area contributed by atoms with E-state index in [-0.39, 0.29) is 13.2 Å². The number of rotatable bonds is 5. The van der Waals surface area contributed by atoms with Gasteiger partial charge in [-0.05, 0) is 0 Å². The summed E-state index contributed by atoms with van der Waals surface area (Å²) in [5.41, 5.74) is 0. The monoisotopic (exact) mass is 367 g/mol. The van der Waals surface area contributed by atoms with Gasteiger partial charge in [0.1, 0.15) is 48.8 Å². The largest absolute Gasteiger partial charge is 0.394 e. The van der Waals surface area contributed by atoms with Gasteiger partial charge in [-0.3, -0.25) is 4.79 Å². The smallest absolute Gasteiger partial charge is 0.217 e. The number of carbonyl (C=O) groups is 1. The fraction of sp³-hybridized carbons (Fsp3) is 0.929. The molecule has 2 heterocycles. The normalized spacial score (nSPS) is 45.2. The topological polar surface area (TPSA) is 178 Å². The molecule has 146 valence electrons. The van der Waals surface area contributed by atoms with Crippen molar-refractivity contribution in [3.63, 3.8) is 0 Å². The lowest BCUT2D eigenvalue weighted by Gasteiger charge is -2.43. The average Bonchev–Trinajstić information content (AvgIpc) is 2.57. The molecule has 0 aromatic rings. The first-order valence-electron chi connectivity index (χ1n) is 7.93. The summed E-state index contributed by atoms with van der Waals surface area (Å²) in [6.45, 7) is 0.137. The molecule has 0 radical (unpaired) electrons. The molecule has 7 N–H and O–H groups in total. The van der Waals surface area contributed by atoms with Gasteiger partial charge in [0.05, 0.1) is 19.8 Å². The van der Waals surface area contributed by atoms with Crippen LogP contribution < -0.4 is 5.32 Å². The molecule has 11 nitrogen and oxygen atoms in total. The van der Waals surface area contributed by atoms with Crippen molar-refractivity contribution in [3.05, 3.63) is 0 Å². The van der Waals surface area contributed by atoms with Crippen LogP contribution in [0.4, 0.5) is 0 Å². The van der Waals surface area contributed by atoms with E-state index in [1.807, 2.05) is 0 Å². The maximum atomic E-state index is 11.3. The maximum absolute atomic E-state index is 11.3. The molecular formula is C14H25NO10. The number of hydrogen-bond acceptors (Lipinski definition) is 10. The zero-order valence-corrected chi connectivity index (χ0v) is 13.6. The van der Waals surface area contributed by atoms with E-state index >= 15 is 0 Å². The minimum Gasteiger partial charge on any atom is -0.394 e. The van der Waals surface area contributed by atoms with Crippen molar-refractivity contribution in [1.29, 1.82) is 0 Å². The molecule has 2 saturated heterocycles. The zero-order valence-electron chi connectivity index (χ0n) is 13.6. The standard InChI is InChI=1S/C14H25NO10/c1-5(17)15-9-13(22)11(20)7(2-16)25-14(9)24-4-8-12(21)10(19)6(18)3-23-8/h6-14,16,18-22H,2-4H2,1H3,(H,15,17)/t6-,7+,8+,9+,10+,11+,12-,13+,14+/m0/s1. The fourth-order valence-electron chi connectivity index (χ4n) is 2.82. The summed E-state index contributed by atoms with van der Waals surface area (Å²) < 4.78 is 16.0. The molecule has 2 rings (SSSR count). The second-order valence-electron chi connectivity index (χ2n) is 6.19. The second-order valence-corrected chi connectivity index (χ2v) is 6.19. The third kappa shape index (κ3) is 4.64. The van der Waals surface area contributed by atoms with Crippen LogP contribution in [0.3, 0.4) is 0 Å². The lowest BCUT2D eigenvalue weighted by atomic mass is 9.96. The Balaban J connectivity index is 2.02. The Morgan fingerprint density at radius 2 is 1.72 bits per heavy atom. The molecule has 25 heavy (non-hydrogen) atoms. The van der Waals surface area contributed by atoms with Crippen LogP contribution in [0.25, 0.3) is 0 Å². The molecule has 9 atom stereocenters. The van der Waals surface area contributed by atoms with Gasteiger partial charge in [-0.25, -0.2) is 0 Å². The SMILES string of the molecule is CC(=O)N[C@H]1[C@H](OC[C@H]2OC[C@H](O)[C@@H](O)[C@H]2O)O[C@H](CO)[C@@H](O)[C@@H]1O. The molecule has 0 aromatic carbocycles. The summed E-state index contributed by atoms with van der Waals surface area (Å²) >= 11 is 0. The van der Waals surface area contributed by atoms with Crippen molar-refractivity contribution in [2.24, 2.45) is 0 Å². The van der Waals surface area contributed by atoms with E-state index in [4.69, 9.17) is 14.2 Å². The number of carbonyl (C=O) groups excluding carboxylic acids is 1. The van der Waals surface area contributed by atoms with Gasteiger partial charge in [-0.1, -0.05) is 0 Å². The lowest BCUT2D eigenvalue weighted by Crippen LogP contribution is -2.65. The highest BCUT2D eigenvalue weighted by Gasteiger charge is 2.46. The third-order valence-corrected chi connectivity index (χ3v) is 4.28. The highest BCUT2D eigenvalue weighted by Crippen LogP contribution is 2.24. The Labute approximate surface area is 143 Å². The van der Waals surface area contributed by atoms with Gasteiger partial charge in [0, 0.05) is 6.92 Å². The summed E-state index contributed by atoms with van der Waals surface area (Å²) in [6, 6.07) is -1.12. The summed E-state index contributed by atoms with van der Waals surface area (Å²) in [5.74, 6) is -0.497. The van der Waals surface area contributed by atoms with Gasteiger partial charge >= 0.3 is 0 Å².